The second-order valence-corrected chi connectivity index (χ2v) is 5.37. The number of nitrogens with one attached hydrogen (secondary N) is 1. The van der Waals surface area contributed by atoms with Crippen molar-refractivity contribution in [3.05, 3.63) is 64.2 Å². The number of para-hydroxylation sites is 2. The molecular weight excluding hydrogens is 324 g/mol. The molecule has 1 aliphatic rings. The summed E-state index contributed by atoms with van der Waals surface area (Å²) in [6.07, 6.45) is -0.0482. The van der Waals surface area contributed by atoms with E-state index in [0.717, 1.165) is 17.1 Å². The number of fused-ring (bicyclic) bond motifs is 1. The summed E-state index contributed by atoms with van der Waals surface area (Å²) in [5, 5.41) is 21.4. The van der Waals surface area contributed by atoms with Crippen molar-refractivity contribution in [1.29, 1.82) is 0 Å². The fraction of sp³-hybridized carbons (Fsp3) is 0.333. The van der Waals surface area contributed by atoms with Gasteiger partial charge in [0, 0.05) is 31.8 Å². The molecule has 0 bridgehead atoms. The van der Waals surface area contributed by atoms with Crippen molar-refractivity contribution in [2.75, 3.05) is 19.8 Å². The van der Waals surface area contributed by atoms with Crippen LogP contribution in [0.5, 0.6) is 11.5 Å². The van der Waals surface area contributed by atoms with Crippen LogP contribution in [-0.2, 0) is 6.54 Å². The minimum absolute atomic E-state index is 0.0482. The third-order valence-electron chi connectivity index (χ3n) is 3.42. The Bertz CT molecular complexity index is 675. The Labute approximate surface area is 146 Å². The molecule has 0 saturated heterocycles. The number of ether oxygens (including phenoxy) is 2. The van der Waals surface area contributed by atoms with Crippen LogP contribution in [0.1, 0.15) is 12.5 Å². The third kappa shape index (κ3) is 5.74. The first-order chi connectivity index (χ1) is 12.1. The first-order valence-electron chi connectivity index (χ1n) is 8.07. The highest BCUT2D eigenvalue weighted by molar-refractivity contribution is 5.40. The van der Waals surface area contributed by atoms with Gasteiger partial charge in [0.1, 0.15) is 12.7 Å². The summed E-state index contributed by atoms with van der Waals surface area (Å²) < 4.78 is 11.5. The number of nitrogens with zero attached hydrogens (tertiary/aromatic N) is 1. The first kappa shape index (κ1) is 18.7. The van der Waals surface area contributed by atoms with Crippen molar-refractivity contribution in [2.24, 2.45) is 0 Å². The van der Waals surface area contributed by atoms with E-state index in [1.54, 1.807) is 19.1 Å². The summed E-state index contributed by atoms with van der Waals surface area (Å²) in [5.41, 5.74) is 1.09. The van der Waals surface area contributed by atoms with Gasteiger partial charge in [-0.15, -0.1) is 0 Å². The smallest absolute Gasteiger partial charge is 0.269 e. The third-order valence-corrected chi connectivity index (χ3v) is 3.42. The van der Waals surface area contributed by atoms with Gasteiger partial charge in [-0.1, -0.05) is 24.3 Å². The van der Waals surface area contributed by atoms with Crippen molar-refractivity contribution in [2.45, 2.75) is 19.6 Å². The number of nitro groups is 1. The molecule has 2 aromatic carbocycles. The minimum Gasteiger partial charge on any atom is -0.486 e. The van der Waals surface area contributed by atoms with Crippen LogP contribution >= 0.6 is 0 Å². The summed E-state index contributed by atoms with van der Waals surface area (Å²) in [6, 6.07) is 14.1. The number of rotatable bonds is 5. The van der Waals surface area contributed by atoms with E-state index in [4.69, 9.17) is 14.6 Å². The van der Waals surface area contributed by atoms with Gasteiger partial charge in [0.2, 0.25) is 0 Å². The second-order valence-electron chi connectivity index (χ2n) is 5.37. The number of benzene rings is 2. The minimum atomic E-state index is -0.401. The van der Waals surface area contributed by atoms with E-state index in [2.05, 4.69) is 5.32 Å². The van der Waals surface area contributed by atoms with Crippen molar-refractivity contribution in [1.82, 2.24) is 5.32 Å². The van der Waals surface area contributed by atoms with E-state index in [1.165, 1.54) is 12.1 Å². The fourth-order valence-corrected chi connectivity index (χ4v) is 2.28. The standard InChI is InChI=1S/C16H16N2O4.C2H6O/c19-18(20)13-7-5-12(6-8-13)9-17-10-14-11-21-15-3-1-2-4-16(15)22-14;1-2-3/h1-8,14,17H,9-11H2;3H,2H2,1H3. The van der Waals surface area contributed by atoms with Crippen LogP contribution in [-0.4, -0.2) is 35.9 Å². The molecule has 7 heteroatoms. The van der Waals surface area contributed by atoms with E-state index in [0.29, 0.717) is 19.7 Å². The molecule has 0 aromatic heterocycles. The number of non-ortho nitro benzene ring substituents is 1. The molecule has 0 fully saturated rings. The zero-order valence-corrected chi connectivity index (χ0v) is 14.1. The Morgan fingerprint density at radius 2 is 1.84 bits per heavy atom. The van der Waals surface area contributed by atoms with E-state index < -0.39 is 4.92 Å². The number of aliphatic hydroxyl groups excluding tert-OH is 1. The highest BCUT2D eigenvalue weighted by Crippen LogP contribution is 2.30. The molecule has 1 aliphatic heterocycles. The maximum atomic E-state index is 10.6. The van der Waals surface area contributed by atoms with Gasteiger partial charge < -0.3 is 19.9 Å². The molecule has 1 unspecified atom stereocenters. The van der Waals surface area contributed by atoms with Crippen molar-refractivity contribution >= 4 is 5.69 Å². The lowest BCUT2D eigenvalue weighted by atomic mass is 10.2. The highest BCUT2D eigenvalue weighted by Gasteiger charge is 2.19. The first-order valence-corrected chi connectivity index (χ1v) is 8.07. The lowest BCUT2D eigenvalue weighted by Crippen LogP contribution is -2.38. The maximum absolute atomic E-state index is 10.6. The summed E-state index contributed by atoms with van der Waals surface area (Å²) in [5.74, 6) is 1.53. The highest BCUT2D eigenvalue weighted by atomic mass is 16.6. The SMILES string of the molecule is CCO.O=[N+]([O-])c1ccc(CNCC2COc3ccccc3O2)cc1. The normalized spacial score (nSPS) is 15.0. The molecule has 2 N–H and O–H groups in total. The molecule has 0 saturated carbocycles. The van der Waals surface area contributed by atoms with E-state index in [1.807, 2.05) is 24.3 Å². The van der Waals surface area contributed by atoms with Gasteiger partial charge in [-0.25, -0.2) is 0 Å². The van der Waals surface area contributed by atoms with Crippen LogP contribution in [0.2, 0.25) is 0 Å². The number of aliphatic hydroxyl groups is 1. The van der Waals surface area contributed by atoms with Crippen LogP contribution in [0.4, 0.5) is 5.69 Å². The zero-order chi connectivity index (χ0) is 18.1. The van der Waals surface area contributed by atoms with E-state index in [-0.39, 0.29) is 18.4 Å². The fourth-order valence-electron chi connectivity index (χ4n) is 2.28. The summed E-state index contributed by atoms with van der Waals surface area (Å²) in [7, 11) is 0. The molecule has 0 amide bonds. The Morgan fingerprint density at radius 3 is 2.48 bits per heavy atom. The number of nitro benzene ring substituents is 1. The summed E-state index contributed by atoms with van der Waals surface area (Å²) >= 11 is 0. The second kappa shape index (κ2) is 9.61. The molecule has 1 atom stereocenters. The molecule has 0 aliphatic carbocycles. The van der Waals surface area contributed by atoms with Crippen molar-refractivity contribution < 1.29 is 19.5 Å². The molecule has 0 radical (unpaired) electrons. The predicted molar refractivity (Wildman–Crippen MR) is 93.9 cm³/mol. The molecule has 7 nitrogen and oxygen atoms in total. The molecule has 2 aromatic rings. The van der Waals surface area contributed by atoms with Gasteiger partial charge in [-0.2, -0.15) is 0 Å². The van der Waals surface area contributed by atoms with Crippen LogP contribution in [0.3, 0.4) is 0 Å². The Morgan fingerprint density at radius 1 is 1.20 bits per heavy atom. The molecular formula is C18H22N2O5. The van der Waals surface area contributed by atoms with E-state index in [9.17, 15) is 10.1 Å². The van der Waals surface area contributed by atoms with Crippen LogP contribution in [0.25, 0.3) is 0 Å². The summed E-state index contributed by atoms with van der Waals surface area (Å²) in [6.45, 7) is 3.70. The van der Waals surface area contributed by atoms with Gasteiger partial charge in [0.15, 0.2) is 11.5 Å². The predicted octanol–water partition coefficient (Wildman–Crippen LogP) is 2.52. The van der Waals surface area contributed by atoms with Gasteiger partial charge in [-0.05, 0) is 24.6 Å². The van der Waals surface area contributed by atoms with Crippen LogP contribution < -0.4 is 14.8 Å². The van der Waals surface area contributed by atoms with Crippen LogP contribution in [0, 0.1) is 10.1 Å². The Kier molecular flexibility index (Phi) is 7.18. The monoisotopic (exact) mass is 346 g/mol. The zero-order valence-electron chi connectivity index (χ0n) is 14.1. The van der Waals surface area contributed by atoms with Gasteiger partial charge in [0.05, 0.1) is 4.92 Å². The largest absolute Gasteiger partial charge is 0.486 e. The lowest BCUT2D eigenvalue weighted by molar-refractivity contribution is -0.384. The van der Waals surface area contributed by atoms with Crippen molar-refractivity contribution in [3.63, 3.8) is 0 Å². The number of hydrogen-bond donors (Lipinski definition) is 2. The lowest BCUT2D eigenvalue weighted by Gasteiger charge is -2.26. The number of hydrogen-bond acceptors (Lipinski definition) is 6. The molecule has 25 heavy (non-hydrogen) atoms. The Hall–Kier alpha value is -2.64. The van der Waals surface area contributed by atoms with Crippen molar-refractivity contribution in [3.8, 4) is 11.5 Å². The average Bonchev–Trinajstić information content (AvgIpc) is 2.63. The van der Waals surface area contributed by atoms with Gasteiger partial charge in [0.25, 0.3) is 5.69 Å². The molecule has 134 valence electrons. The van der Waals surface area contributed by atoms with E-state index >= 15 is 0 Å². The maximum Gasteiger partial charge on any atom is 0.269 e. The van der Waals surface area contributed by atoms with Gasteiger partial charge in [-0.3, -0.25) is 10.1 Å². The molecule has 3 rings (SSSR count). The average molecular weight is 346 g/mol. The summed E-state index contributed by atoms with van der Waals surface area (Å²) in [4.78, 5) is 10.2. The molecule has 1 heterocycles. The topological polar surface area (TPSA) is 93.9 Å². The molecule has 0 spiro atoms. The van der Waals surface area contributed by atoms with Crippen LogP contribution in [0.15, 0.2) is 48.5 Å². The van der Waals surface area contributed by atoms with Gasteiger partial charge >= 0.3 is 0 Å². The Balaban J connectivity index is 0.000000701. The quantitative estimate of drug-likeness (QED) is 0.638.